The van der Waals surface area contributed by atoms with Crippen LogP contribution in [-0.2, 0) is 0 Å². The zero-order chi connectivity index (χ0) is 15.6. The van der Waals surface area contributed by atoms with Crippen LogP contribution in [0.3, 0.4) is 0 Å². The summed E-state index contributed by atoms with van der Waals surface area (Å²) in [6.45, 7) is 3.26. The average Bonchev–Trinajstić information content (AvgIpc) is 2.49. The number of carbonyl (C=O) groups is 1. The van der Waals surface area contributed by atoms with Crippen molar-refractivity contribution in [2.24, 2.45) is 5.73 Å². The van der Waals surface area contributed by atoms with Gasteiger partial charge in [-0.3, -0.25) is 4.79 Å². The summed E-state index contributed by atoms with van der Waals surface area (Å²) in [6, 6.07) is 5.42. The van der Waals surface area contributed by atoms with E-state index in [1.165, 1.54) is 0 Å². The molecule has 0 unspecified atom stereocenters. The molecule has 0 saturated carbocycles. The van der Waals surface area contributed by atoms with Crippen LogP contribution in [0, 0.1) is 6.92 Å². The lowest BCUT2D eigenvalue weighted by molar-refractivity contribution is 0.0718. The maximum absolute atomic E-state index is 12.6. The van der Waals surface area contributed by atoms with Gasteiger partial charge in [-0.2, -0.15) is 11.8 Å². The Morgan fingerprint density at radius 1 is 1.43 bits per heavy atom. The molecule has 6 heteroatoms. The molecule has 1 aromatic rings. The van der Waals surface area contributed by atoms with Gasteiger partial charge in [0.25, 0.3) is 5.91 Å². The van der Waals surface area contributed by atoms with Gasteiger partial charge in [-0.05, 0) is 43.7 Å². The van der Waals surface area contributed by atoms with Crippen molar-refractivity contribution in [3.8, 4) is 0 Å². The van der Waals surface area contributed by atoms with Crippen molar-refractivity contribution in [1.29, 1.82) is 0 Å². The number of nitrogens with two attached hydrogens (primary N) is 1. The first-order chi connectivity index (χ1) is 9.89. The van der Waals surface area contributed by atoms with Crippen LogP contribution in [-0.4, -0.2) is 39.9 Å². The molecule has 1 heterocycles. The number of thiocarbonyl (C=S) groups is 1. The summed E-state index contributed by atoms with van der Waals surface area (Å²) in [5.41, 5.74) is 7.50. The first-order valence-electron chi connectivity index (χ1n) is 6.80. The van der Waals surface area contributed by atoms with Gasteiger partial charge in [0.05, 0.1) is 9.74 Å². The molecule has 0 atom stereocenters. The number of benzene rings is 1. The largest absolute Gasteiger partial charge is 0.392 e. The number of hydrogen-bond donors (Lipinski definition) is 1. The lowest BCUT2D eigenvalue weighted by Gasteiger charge is -2.40. The Bertz CT molecular complexity index is 569. The van der Waals surface area contributed by atoms with Gasteiger partial charge >= 0.3 is 0 Å². The normalized spacial score (nSPS) is 17.6. The van der Waals surface area contributed by atoms with E-state index in [9.17, 15) is 4.79 Å². The molecule has 0 bridgehead atoms. The number of piperidine rings is 1. The Morgan fingerprint density at radius 2 is 2.05 bits per heavy atom. The fraction of sp³-hybridized carbons (Fsp3) is 0.467. The summed E-state index contributed by atoms with van der Waals surface area (Å²) in [5.74, 6) is 0.0349. The molecule has 21 heavy (non-hydrogen) atoms. The van der Waals surface area contributed by atoms with Crippen LogP contribution in [0.25, 0.3) is 0 Å². The summed E-state index contributed by atoms with van der Waals surface area (Å²) in [5, 5.41) is 0.586. The van der Waals surface area contributed by atoms with E-state index in [0.717, 1.165) is 18.4 Å². The van der Waals surface area contributed by atoms with Crippen molar-refractivity contribution in [2.75, 3.05) is 19.3 Å². The van der Waals surface area contributed by atoms with Gasteiger partial charge in [-0.1, -0.05) is 29.9 Å². The smallest absolute Gasteiger partial charge is 0.254 e. The number of thioether (sulfide) groups is 1. The quantitative estimate of drug-likeness (QED) is 0.856. The van der Waals surface area contributed by atoms with Gasteiger partial charge in [0, 0.05) is 23.7 Å². The Hall–Kier alpha value is -0.780. The third kappa shape index (κ3) is 3.35. The minimum absolute atomic E-state index is 0.0349. The summed E-state index contributed by atoms with van der Waals surface area (Å²) in [4.78, 5) is 15.0. The van der Waals surface area contributed by atoms with Crippen molar-refractivity contribution in [1.82, 2.24) is 4.90 Å². The third-order valence-electron chi connectivity index (χ3n) is 4.13. The topological polar surface area (TPSA) is 46.3 Å². The molecular formula is C15H19ClN2OS2. The van der Waals surface area contributed by atoms with Crippen molar-refractivity contribution >= 4 is 46.5 Å². The molecule has 1 aliphatic heterocycles. The minimum atomic E-state index is -0.171. The second kappa shape index (κ2) is 6.55. The number of halogens is 1. The lowest BCUT2D eigenvalue weighted by atomic mass is 9.94. The van der Waals surface area contributed by atoms with Crippen LogP contribution in [0.15, 0.2) is 18.2 Å². The van der Waals surface area contributed by atoms with Gasteiger partial charge in [-0.15, -0.1) is 0 Å². The molecule has 0 spiro atoms. The monoisotopic (exact) mass is 342 g/mol. The van der Waals surface area contributed by atoms with Crippen LogP contribution >= 0.6 is 35.6 Å². The van der Waals surface area contributed by atoms with Crippen molar-refractivity contribution in [2.45, 2.75) is 24.5 Å². The molecule has 0 aromatic heterocycles. The SMILES string of the molecule is CSC1(C(N)=S)CCN(C(=O)c2cc(Cl)ccc2C)CC1. The van der Waals surface area contributed by atoms with Gasteiger partial charge in [0.15, 0.2) is 0 Å². The Morgan fingerprint density at radius 3 is 2.57 bits per heavy atom. The molecule has 1 fully saturated rings. The molecule has 2 rings (SSSR count). The standard InChI is InChI=1S/C15H19ClN2OS2/c1-10-3-4-11(16)9-12(10)13(19)18-7-5-15(21-2,6-8-18)14(17)20/h3-4,9H,5-8H2,1-2H3,(H2,17,20). The maximum atomic E-state index is 12.6. The van der Waals surface area contributed by atoms with E-state index >= 15 is 0 Å². The minimum Gasteiger partial charge on any atom is -0.392 e. The fourth-order valence-electron chi connectivity index (χ4n) is 2.62. The van der Waals surface area contributed by atoms with Crippen LogP contribution in [0.1, 0.15) is 28.8 Å². The Labute approximate surface area is 140 Å². The average molecular weight is 343 g/mol. The molecule has 0 aliphatic carbocycles. The van der Waals surface area contributed by atoms with E-state index < -0.39 is 0 Å². The molecule has 114 valence electrons. The van der Waals surface area contributed by atoms with Gasteiger partial charge < -0.3 is 10.6 Å². The molecule has 1 aliphatic rings. The van der Waals surface area contributed by atoms with Crippen molar-refractivity contribution in [3.05, 3.63) is 34.3 Å². The first kappa shape index (κ1) is 16.6. The van der Waals surface area contributed by atoms with Gasteiger partial charge in [0.1, 0.15) is 0 Å². The van der Waals surface area contributed by atoms with Gasteiger partial charge in [0.2, 0.25) is 0 Å². The second-order valence-electron chi connectivity index (χ2n) is 5.31. The molecule has 1 amide bonds. The summed E-state index contributed by atoms with van der Waals surface area (Å²) < 4.78 is -0.171. The molecule has 3 nitrogen and oxygen atoms in total. The predicted octanol–water partition coefficient (Wildman–Crippen LogP) is 3.27. The number of hydrogen-bond acceptors (Lipinski definition) is 3. The zero-order valence-corrected chi connectivity index (χ0v) is 14.6. The molecule has 0 radical (unpaired) electrons. The maximum Gasteiger partial charge on any atom is 0.254 e. The highest BCUT2D eigenvalue weighted by Gasteiger charge is 2.38. The van der Waals surface area contributed by atoms with E-state index in [1.807, 2.05) is 24.1 Å². The first-order valence-corrected chi connectivity index (χ1v) is 8.81. The van der Waals surface area contributed by atoms with E-state index in [0.29, 0.717) is 28.7 Å². The second-order valence-corrected chi connectivity index (χ2v) is 7.38. The lowest BCUT2D eigenvalue weighted by Crippen LogP contribution is -2.50. The zero-order valence-electron chi connectivity index (χ0n) is 12.2. The van der Waals surface area contributed by atoms with E-state index in [2.05, 4.69) is 0 Å². The van der Waals surface area contributed by atoms with E-state index in [-0.39, 0.29) is 10.7 Å². The molecule has 1 saturated heterocycles. The number of nitrogens with zero attached hydrogens (tertiary/aromatic N) is 1. The highest BCUT2D eigenvalue weighted by Crippen LogP contribution is 2.35. The fourth-order valence-corrected chi connectivity index (χ4v) is 4.04. The number of likely N-dealkylation sites (tertiary alicyclic amines) is 1. The highest BCUT2D eigenvalue weighted by molar-refractivity contribution is 8.02. The van der Waals surface area contributed by atoms with Crippen LogP contribution in [0.5, 0.6) is 0 Å². The van der Waals surface area contributed by atoms with Crippen molar-refractivity contribution < 1.29 is 4.79 Å². The molecular weight excluding hydrogens is 324 g/mol. The Balaban J connectivity index is 2.13. The number of amides is 1. The number of aryl methyl sites for hydroxylation is 1. The number of carbonyl (C=O) groups excluding carboxylic acids is 1. The number of rotatable bonds is 3. The molecule has 2 N–H and O–H groups in total. The summed E-state index contributed by atoms with van der Waals surface area (Å²) in [7, 11) is 0. The van der Waals surface area contributed by atoms with Crippen LogP contribution in [0.2, 0.25) is 5.02 Å². The molecule has 1 aromatic carbocycles. The highest BCUT2D eigenvalue weighted by atomic mass is 35.5. The summed E-state index contributed by atoms with van der Waals surface area (Å²) in [6.07, 6.45) is 3.63. The summed E-state index contributed by atoms with van der Waals surface area (Å²) >= 11 is 12.9. The Kier molecular flexibility index (Phi) is 5.17. The predicted molar refractivity (Wildman–Crippen MR) is 94.4 cm³/mol. The third-order valence-corrected chi connectivity index (χ3v) is 6.29. The van der Waals surface area contributed by atoms with Gasteiger partial charge in [-0.25, -0.2) is 0 Å². The van der Waals surface area contributed by atoms with E-state index in [1.54, 1.807) is 23.9 Å². The van der Waals surface area contributed by atoms with Crippen LogP contribution in [0.4, 0.5) is 0 Å². The van der Waals surface area contributed by atoms with E-state index in [4.69, 9.17) is 29.6 Å². The van der Waals surface area contributed by atoms with Crippen LogP contribution < -0.4 is 5.73 Å². The van der Waals surface area contributed by atoms with Crippen molar-refractivity contribution in [3.63, 3.8) is 0 Å².